The van der Waals surface area contributed by atoms with Crippen LogP contribution in [0.2, 0.25) is 0 Å². The first kappa shape index (κ1) is 15.2. The third kappa shape index (κ3) is 4.36. The van der Waals surface area contributed by atoms with Gasteiger partial charge < -0.3 is 15.2 Å². The van der Waals surface area contributed by atoms with Gasteiger partial charge in [0.1, 0.15) is 0 Å². The van der Waals surface area contributed by atoms with E-state index in [0.717, 1.165) is 11.4 Å². The molecule has 1 amide bonds. The van der Waals surface area contributed by atoms with Crippen LogP contribution in [0.3, 0.4) is 0 Å². The molecule has 0 saturated heterocycles. The predicted octanol–water partition coefficient (Wildman–Crippen LogP) is -0.460. The molecule has 19 heavy (non-hydrogen) atoms. The first-order valence-corrected chi connectivity index (χ1v) is 5.97. The standard InChI is InChI=1S/C12H19N3O4/c1-8-6-9(2)15(14-8)5-4-11(17)13-10(7-16)12(18)19-3/h6,10,16H,4-5,7H2,1-3H3,(H,13,17)/t10-/m0/s1. The number of aryl methyl sites for hydroxylation is 3. The average Bonchev–Trinajstić information content (AvgIpc) is 2.71. The number of aliphatic hydroxyl groups excluding tert-OH is 1. The molecule has 1 aromatic rings. The van der Waals surface area contributed by atoms with E-state index in [0.29, 0.717) is 6.54 Å². The molecule has 0 spiro atoms. The lowest BCUT2D eigenvalue weighted by Gasteiger charge is -2.13. The molecule has 2 N–H and O–H groups in total. The summed E-state index contributed by atoms with van der Waals surface area (Å²) in [5.41, 5.74) is 1.86. The SMILES string of the molecule is COC(=O)[C@H](CO)NC(=O)CCn1nc(C)cc1C. The number of hydrogen-bond acceptors (Lipinski definition) is 5. The molecule has 1 rings (SSSR count). The smallest absolute Gasteiger partial charge is 0.330 e. The maximum atomic E-state index is 11.7. The molecule has 1 heterocycles. The Labute approximate surface area is 111 Å². The summed E-state index contributed by atoms with van der Waals surface area (Å²) in [6.07, 6.45) is 0.176. The second-order valence-electron chi connectivity index (χ2n) is 4.23. The molecular formula is C12H19N3O4. The highest BCUT2D eigenvalue weighted by Crippen LogP contribution is 2.02. The summed E-state index contributed by atoms with van der Waals surface area (Å²) in [6, 6.07) is 0.904. The Bertz CT molecular complexity index is 456. The molecule has 0 aliphatic rings. The average molecular weight is 269 g/mol. The summed E-state index contributed by atoms with van der Waals surface area (Å²) in [5.74, 6) is -1.00. The number of carbonyl (C=O) groups is 2. The van der Waals surface area contributed by atoms with Crippen LogP contribution in [-0.4, -0.2) is 46.5 Å². The van der Waals surface area contributed by atoms with E-state index in [1.54, 1.807) is 4.68 Å². The Balaban J connectivity index is 2.47. The predicted molar refractivity (Wildman–Crippen MR) is 67.4 cm³/mol. The Kier molecular flexibility index (Phi) is 5.50. The minimum absolute atomic E-state index is 0.176. The van der Waals surface area contributed by atoms with E-state index in [4.69, 9.17) is 5.11 Å². The van der Waals surface area contributed by atoms with Crippen LogP contribution in [0.5, 0.6) is 0 Å². The summed E-state index contributed by atoms with van der Waals surface area (Å²) in [7, 11) is 1.20. The van der Waals surface area contributed by atoms with E-state index in [-0.39, 0.29) is 12.3 Å². The molecule has 0 saturated carbocycles. The van der Waals surface area contributed by atoms with Crippen molar-refractivity contribution in [2.24, 2.45) is 0 Å². The van der Waals surface area contributed by atoms with Gasteiger partial charge >= 0.3 is 5.97 Å². The second kappa shape index (κ2) is 6.89. The number of nitrogens with one attached hydrogen (secondary N) is 1. The minimum atomic E-state index is -1.02. The topological polar surface area (TPSA) is 93.5 Å². The first-order chi connectivity index (χ1) is 8.97. The Morgan fingerprint density at radius 3 is 2.68 bits per heavy atom. The van der Waals surface area contributed by atoms with Crippen LogP contribution >= 0.6 is 0 Å². The van der Waals surface area contributed by atoms with E-state index >= 15 is 0 Å². The number of carbonyl (C=O) groups excluding carboxylic acids is 2. The van der Waals surface area contributed by atoms with Crippen molar-refractivity contribution in [1.29, 1.82) is 0 Å². The van der Waals surface area contributed by atoms with Crippen molar-refractivity contribution in [3.8, 4) is 0 Å². The zero-order chi connectivity index (χ0) is 14.4. The number of amides is 1. The van der Waals surface area contributed by atoms with Gasteiger partial charge in [0.25, 0.3) is 0 Å². The Hall–Kier alpha value is -1.89. The fourth-order valence-corrected chi connectivity index (χ4v) is 1.70. The van der Waals surface area contributed by atoms with Crippen LogP contribution in [0.15, 0.2) is 6.07 Å². The number of nitrogens with zero attached hydrogens (tertiary/aromatic N) is 2. The Morgan fingerprint density at radius 2 is 2.21 bits per heavy atom. The quantitative estimate of drug-likeness (QED) is 0.682. The van der Waals surface area contributed by atoms with E-state index < -0.39 is 18.6 Å². The maximum absolute atomic E-state index is 11.7. The van der Waals surface area contributed by atoms with Crippen molar-refractivity contribution in [2.75, 3.05) is 13.7 Å². The number of rotatable bonds is 6. The number of hydrogen-bond donors (Lipinski definition) is 2. The third-order valence-corrected chi connectivity index (χ3v) is 2.66. The number of ether oxygens (including phenoxy) is 1. The molecule has 0 radical (unpaired) electrons. The van der Waals surface area contributed by atoms with Gasteiger partial charge in [0, 0.05) is 18.7 Å². The number of aliphatic hydroxyl groups is 1. The van der Waals surface area contributed by atoms with E-state index in [1.807, 2.05) is 19.9 Å². The molecule has 7 nitrogen and oxygen atoms in total. The van der Waals surface area contributed by atoms with Crippen molar-refractivity contribution >= 4 is 11.9 Å². The lowest BCUT2D eigenvalue weighted by atomic mass is 10.3. The molecular weight excluding hydrogens is 250 g/mol. The highest BCUT2D eigenvalue weighted by molar-refractivity contribution is 5.84. The van der Waals surface area contributed by atoms with Crippen molar-refractivity contribution in [3.63, 3.8) is 0 Å². The van der Waals surface area contributed by atoms with Gasteiger partial charge in [-0.3, -0.25) is 9.48 Å². The first-order valence-electron chi connectivity index (χ1n) is 5.97. The molecule has 0 unspecified atom stereocenters. The van der Waals surface area contributed by atoms with Crippen LogP contribution in [0, 0.1) is 13.8 Å². The zero-order valence-electron chi connectivity index (χ0n) is 11.3. The van der Waals surface area contributed by atoms with Gasteiger partial charge in [0.05, 0.1) is 19.4 Å². The van der Waals surface area contributed by atoms with Crippen LogP contribution < -0.4 is 5.32 Å². The largest absolute Gasteiger partial charge is 0.467 e. The van der Waals surface area contributed by atoms with Gasteiger partial charge in [-0.25, -0.2) is 4.79 Å². The Morgan fingerprint density at radius 1 is 1.53 bits per heavy atom. The summed E-state index contributed by atoms with van der Waals surface area (Å²) >= 11 is 0. The van der Waals surface area contributed by atoms with Crippen molar-refractivity contribution in [1.82, 2.24) is 15.1 Å². The summed E-state index contributed by atoms with van der Waals surface area (Å²) < 4.78 is 6.18. The van der Waals surface area contributed by atoms with Gasteiger partial charge in [-0.15, -0.1) is 0 Å². The minimum Gasteiger partial charge on any atom is -0.467 e. The maximum Gasteiger partial charge on any atom is 0.330 e. The van der Waals surface area contributed by atoms with Gasteiger partial charge in [0.15, 0.2) is 6.04 Å². The van der Waals surface area contributed by atoms with Gasteiger partial charge in [0.2, 0.25) is 5.91 Å². The zero-order valence-corrected chi connectivity index (χ0v) is 11.3. The fraction of sp³-hybridized carbons (Fsp3) is 0.583. The molecule has 7 heteroatoms. The van der Waals surface area contributed by atoms with Crippen molar-refractivity contribution in [2.45, 2.75) is 32.9 Å². The van der Waals surface area contributed by atoms with Crippen LogP contribution in [0.4, 0.5) is 0 Å². The summed E-state index contributed by atoms with van der Waals surface area (Å²) in [6.45, 7) is 3.72. The molecule has 1 atom stereocenters. The van der Waals surface area contributed by atoms with Gasteiger partial charge in [-0.2, -0.15) is 5.10 Å². The summed E-state index contributed by atoms with van der Waals surface area (Å²) in [4.78, 5) is 22.8. The lowest BCUT2D eigenvalue weighted by molar-refractivity contribution is -0.146. The van der Waals surface area contributed by atoms with Crippen LogP contribution in [0.25, 0.3) is 0 Å². The van der Waals surface area contributed by atoms with Crippen LogP contribution in [0.1, 0.15) is 17.8 Å². The summed E-state index contributed by atoms with van der Waals surface area (Å²) in [5, 5.41) is 15.6. The molecule has 0 bridgehead atoms. The highest BCUT2D eigenvalue weighted by atomic mass is 16.5. The van der Waals surface area contributed by atoms with Crippen molar-refractivity contribution in [3.05, 3.63) is 17.5 Å². The second-order valence-corrected chi connectivity index (χ2v) is 4.23. The highest BCUT2D eigenvalue weighted by Gasteiger charge is 2.20. The molecule has 1 aromatic heterocycles. The molecule has 0 aliphatic carbocycles. The molecule has 0 aliphatic heterocycles. The van der Waals surface area contributed by atoms with E-state index in [2.05, 4.69) is 15.2 Å². The fourth-order valence-electron chi connectivity index (χ4n) is 1.70. The van der Waals surface area contributed by atoms with E-state index in [1.165, 1.54) is 7.11 Å². The lowest BCUT2D eigenvalue weighted by Crippen LogP contribution is -2.44. The molecule has 106 valence electrons. The molecule has 0 fully saturated rings. The van der Waals surface area contributed by atoms with Crippen molar-refractivity contribution < 1.29 is 19.4 Å². The molecule has 0 aromatic carbocycles. The normalized spacial score (nSPS) is 12.0. The van der Waals surface area contributed by atoms with Crippen LogP contribution in [-0.2, 0) is 20.9 Å². The third-order valence-electron chi connectivity index (χ3n) is 2.66. The number of methoxy groups -OCH3 is 1. The van der Waals surface area contributed by atoms with E-state index in [9.17, 15) is 9.59 Å². The van der Waals surface area contributed by atoms with Gasteiger partial charge in [-0.1, -0.05) is 0 Å². The monoisotopic (exact) mass is 269 g/mol. The number of esters is 1. The van der Waals surface area contributed by atoms with Gasteiger partial charge in [-0.05, 0) is 19.9 Å². The number of aromatic nitrogens is 2.